The standard InChI is InChI=1S/C16H18BrN3O2/c1-11(18)7-9-19-15(21)14-6-3-8-20-16(14)22-13-5-2-4-12(17)10-13/h2-6,8,10-11H,7,9,18H2,1H3,(H,19,21). The highest BCUT2D eigenvalue weighted by Gasteiger charge is 2.14. The Morgan fingerprint density at radius 1 is 1.41 bits per heavy atom. The van der Waals surface area contributed by atoms with Crippen LogP contribution in [0.25, 0.3) is 0 Å². The Balaban J connectivity index is 2.11. The lowest BCUT2D eigenvalue weighted by Crippen LogP contribution is -2.29. The number of carbonyl (C=O) groups excluding carboxylic acids is 1. The van der Waals surface area contributed by atoms with Crippen LogP contribution in [0, 0.1) is 0 Å². The summed E-state index contributed by atoms with van der Waals surface area (Å²) < 4.78 is 6.60. The van der Waals surface area contributed by atoms with Gasteiger partial charge in [-0.05, 0) is 43.7 Å². The van der Waals surface area contributed by atoms with E-state index in [1.165, 1.54) is 0 Å². The number of nitrogens with two attached hydrogens (primary N) is 1. The number of nitrogens with one attached hydrogen (secondary N) is 1. The van der Waals surface area contributed by atoms with Crippen LogP contribution in [0.2, 0.25) is 0 Å². The van der Waals surface area contributed by atoms with Crippen molar-refractivity contribution in [2.45, 2.75) is 19.4 Å². The van der Waals surface area contributed by atoms with E-state index in [1.807, 2.05) is 25.1 Å². The molecule has 0 spiro atoms. The van der Waals surface area contributed by atoms with Gasteiger partial charge in [0, 0.05) is 23.3 Å². The Labute approximate surface area is 138 Å². The Hall–Kier alpha value is -1.92. The average Bonchev–Trinajstić information content (AvgIpc) is 2.47. The van der Waals surface area contributed by atoms with Crippen LogP contribution in [-0.4, -0.2) is 23.5 Å². The first-order valence-corrected chi connectivity index (χ1v) is 7.78. The molecule has 116 valence electrons. The molecular weight excluding hydrogens is 346 g/mol. The second-order valence-corrected chi connectivity index (χ2v) is 5.85. The summed E-state index contributed by atoms with van der Waals surface area (Å²) in [6.45, 7) is 2.42. The highest BCUT2D eigenvalue weighted by atomic mass is 79.9. The number of hydrogen-bond donors (Lipinski definition) is 2. The predicted molar refractivity (Wildman–Crippen MR) is 89.1 cm³/mol. The van der Waals surface area contributed by atoms with Crippen LogP contribution in [-0.2, 0) is 0 Å². The lowest BCUT2D eigenvalue weighted by Gasteiger charge is -2.11. The van der Waals surface area contributed by atoms with Gasteiger partial charge in [0.05, 0.1) is 0 Å². The zero-order valence-electron chi connectivity index (χ0n) is 12.3. The van der Waals surface area contributed by atoms with Crippen LogP contribution in [0.4, 0.5) is 0 Å². The molecule has 0 aliphatic rings. The number of rotatable bonds is 6. The van der Waals surface area contributed by atoms with Gasteiger partial charge >= 0.3 is 0 Å². The minimum absolute atomic E-state index is 0.0478. The van der Waals surface area contributed by atoms with Crippen molar-refractivity contribution < 1.29 is 9.53 Å². The van der Waals surface area contributed by atoms with Gasteiger partial charge in [-0.25, -0.2) is 4.98 Å². The number of carbonyl (C=O) groups is 1. The number of hydrogen-bond acceptors (Lipinski definition) is 4. The van der Waals surface area contributed by atoms with Gasteiger partial charge in [0.1, 0.15) is 11.3 Å². The van der Waals surface area contributed by atoms with Crippen LogP contribution >= 0.6 is 15.9 Å². The molecule has 0 aliphatic heterocycles. The maximum atomic E-state index is 12.2. The highest BCUT2D eigenvalue weighted by molar-refractivity contribution is 9.10. The number of nitrogens with zero attached hydrogens (tertiary/aromatic N) is 1. The van der Waals surface area contributed by atoms with Gasteiger partial charge in [0.25, 0.3) is 5.91 Å². The molecule has 2 rings (SSSR count). The number of ether oxygens (including phenoxy) is 1. The first kappa shape index (κ1) is 16.5. The molecule has 1 aromatic heterocycles. The first-order chi connectivity index (χ1) is 10.6. The van der Waals surface area contributed by atoms with Crippen molar-refractivity contribution in [3.05, 3.63) is 52.6 Å². The van der Waals surface area contributed by atoms with E-state index >= 15 is 0 Å². The predicted octanol–water partition coefficient (Wildman–Crippen LogP) is 3.10. The van der Waals surface area contributed by atoms with Crippen LogP contribution in [0.1, 0.15) is 23.7 Å². The van der Waals surface area contributed by atoms with Gasteiger partial charge < -0.3 is 15.8 Å². The maximum Gasteiger partial charge on any atom is 0.256 e. The highest BCUT2D eigenvalue weighted by Crippen LogP contribution is 2.25. The van der Waals surface area contributed by atoms with Gasteiger partial charge in [-0.15, -0.1) is 0 Å². The molecule has 1 atom stereocenters. The fourth-order valence-electron chi connectivity index (χ4n) is 1.80. The molecule has 2 aromatic rings. The van der Waals surface area contributed by atoms with Crippen molar-refractivity contribution in [3.8, 4) is 11.6 Å². The van der Waals surface area contributed by atoms with E-state index in [0.29, 0.717) is 24.3 Å². The number of benzene rings is 1. The molecule has 0 saturated heterocycles. The molecule has 0 radical (unpaired) electrons. The minimum atomic E-state index is -0.223. The summed E-state index contributed by atoms with van der Waals surface area (Å²) in [4.78, 5) is 16.4. The van der Waals surface area contributed by atoms with Gasteiger partial charge in [-0.1, -0.05) is 22.0 Å². The average molecular weight is 364 g/mol. The van der Waals surface area contributed by atoms with Gasteiger partial charge in [-0.3, -0.25) is 4.79 Å². The molecule has 0 bridgehead atoms. The molecule has 1 unspecified atom stereocenters. The summed E-state index contributed by atoms with van der Waals surface area (Å²) in [6, 6.07) is 10.8. The number of halogens is 1. The molecular formula is C16H18BrN3O2. The van der Waals surface area contributed by atoms with Gasteiger partial charge in [0.2, 0.25) is 5.88 Å². The van der Waals surface area contributed by atoms with E-state index in [-0.39, 0.29) is 17.8 Å². The van der Waals surface area contributed by atoms with Crippen LogP contribution in [0.5, 0.6) is 11.6 Å². The third kappa shape index (κ3) is 4.82. The molecule has 6 heteroatoms. The van der Waals surface area contributed by atoms with Crippen LogP contribution in [0.15, 0.2) is 47.1 Å². The van der Waals surface area contributed by atoms with Crippen molar-refractivity contribution in [3.63, 3.8) is 0 Å². The van der Waals surface area contributed by atoms with Crippen molar-refractivity contribution in [1.82, 2.24) is 10.3 Å². The van der Waals surface area contributed by atoms with Gasteiger partial charge in [-0.2, -0.15) is 0 Å². The van der Waals surface area contributed by atoms with E-state index in [0.717, 1.165) is 4.47 Å². The van der Waals surface area contributed by atoms with Crippen LogP contribution < -0.4 is 15.8 Å². The molecule has 0 saturated carbocycles. The molecule has 1 aromatic carbocycles. The number of pyridine rings is 1. The summed E-state index contributed by atoms with van der Waals surface area (Å²) in [5, 5.41) is 2.82. The largest absolute Gasteiger partial charge is 0.438 e. The topological polar surface area (TPSA) is 77.2 Å². The Kier molecular flexibility index (Phi) is 5.91. The van der Waals surface area contributed by atoms with E-state index in [9.17, 15) is 4.79 Å². The van der Waals surface area contributed by atoms with Crippen molar-refractivity contribution in [2.24, 2.45) is 5.73 Å². The quantitative estimate of drug-likeness (QED) is 0.826. The SMILES string of the molecule is CC(N)CCNC(=O)c1cccnc1Oc1cccc(Br)c1. The zero-order chi connectivity index (χ0) is 15.9. The Bertz CT molecular complexity index is 647. The van der Waals surface area contributed by atoms with Crippen molar-refractivity contribution in [1.29, 1.82) is 0 Å². The summed E-state index contributed by atoms with van der Waals surface area (Å²) >= 11 is 3.38. The lowest BCUT2D eigenvalue weighted by atomic mass is 10.2. The van der Waals surface area contributed by atoms with E-state index in [4.69, 9.17) is 10.5 Å². The summed E-state index contributed by atoms with van der Waals surface area (Å²) in [5.41, 5.74) is 6.07. The molecule has 5 nitrogen and oxygen atoms in total. The first-order valence-electron chi connectivity index (χ1n) is 6.98. The molecule has 1 heterocycles. The maximum absolute atomic E-state index is 12.2. The van der Waals surface area contributed by atoms with Gasteiger partial charge in [0.15, 0.2) is 0 Å². The molecule has 1 amide bonds. The molecule has 0 fully saturated rings. The molecule has 0 aliphatic carbocycles. The van der Waals surface area contributed by atoms with Crippen molar-refractivity contribution >= 4 is 21.8 Å². The van der Waals surface area contributed by atoms with E-state index in [2.05, 4.69) is 26.2 Å². The molecule has 3 N–H and O–H groups in total. The Morgan fingerprint density at radius 3 is 2.95 bits per heavy atom. The summed E-state index contributed by atoms with van der Waals surface area (Å²) in [7, 11) is 0. The summed E-state index contributed by atoms with van der Waals surface area (Å²) in [5.74, 6) is 0.662. The van der Waals surface area contributed by atoms with Crippen LogP contribution in [0.3, 0.4) is 0 Å². The summed E-state index contributed by atoms with van der Waals surface area (Å²) in [6.07, 6.45) is 2.31. The van der Waals surface area contributed by atoms with Crippen molar-refractivity contribution in [2.75, 3.05) is 6.54 Å². The third-order valence-electron chi connectivity index (χ3n) is 2.91. The number of amides is 1. The second-order valence-electron chi connectivity index (χ2n) is 4.94. The Morgan fingerprint density at radius 2 is 2.23 bits per heavy atom. The smallest absolute Gasteiger partial charge is 0.256 e. The fourth-order valence-corrected chi connectivity index (χ4v) is 2.17. The fraction of sp³-hybridized carbons (Fsp3) is 0.250. The lowest BCUT2D eigenvalue weighted by molar-refractivity contribution is 0.0950. The normalized spacial score (nSPS) is 11.8. The number of aromatic nitrogens is 1. The zero-order valence-corrected chi connectivity index (χ0v) is 13.8. The molecule has 22 heavy (non-hydrogen) atoms. The monoisotopic (exact) mass is 363 g/mol. The van der Waals surface area contributed by atoms with E-state index < -0.39 is 0 Å². The minimum Gasteiger partial charge on any atom is -0.438 e. The third-order valence-corrected chi connectivity index (χ3v) is 3.40. The van der Waals surface area contributed by atoms with E-state index in [1.54, 1.807) is 24.4 Å². The second kappa shape index (κ2) is 7.91.